The standard InChI is InChI=1S/C17H15N3O/c21-17(13-5-6-16-15(9-13)10-18-19-16)20-8-7-12-3-1-2-4-14(12)11-20/h1-6,9-10H,7-8,11H2,(H,18,19). The Morgan fingerprint density at radius 1 is 1.14 bits per heavy atom. The predicted octanol–water partition coefficient (Wildman–Crippen LogP) is 2.76. The summed E-state index contributed by atoms with van der Waals surface area (Å²) in [6.07, 6.45) is 2.67. The third-order valence-electron chi connectivity index (χ3n) is 4.11. The van der Waals surface area contributed by atoms with Crippen LogP contribution in [0, 0.1) is 0 Å². The summed E-state index contributed by atoms with van der Waals surface area (Å²) in [6.45, 7) is 1.47. The van der Waals surface area contributed by atoms with Crippen LogP contribution in [0.2, 0.25) is 0 Å². The van der Waals surface area contributed by atoms with Gasteiger partial charge in [0.2, 0.25) is 0 Å². The minimum atomic E-state index is 0.0904. The van der Waals surface area contributed by atoms with E-state index in [0.717, 1.165) is 29.4 Å². The molecule has 0 unspecified atom stereocenters. The molecular weight excluding hydrogens is 262 g/mol. The van der Waals surface area contributed by atoms with E-state index in [1.165, 1.54) is 11.1 Å². The molecule has 1 aliphatic heterocycles. The Labute approximate surface area is 122 Å². The van der Waals surface area contributed by atoms with Crippen LogP contribution >= 0.6 is 0 Å². The highest BCUT2D eigenvalue weighted by Gasteiger charge is 2.21. The van der Waals surface area contributed by atoms with Crippen LogP contribution in [0.5, 0.6) is 0 Å². The number of aromatic nitrogens is 2. The summed E-state index contributed by atoms with van der Waals surface area (Å²) in [5, 5.41) is 7.87. The molecule has 0 saturated heterocycles. The molecule has 0 aliphatic carbocycles. The number of amides is 1. The quantitative estimate of drug-likeness (QED) is 0.743. The number of carbonyl (C=O) groups is 1. The second kappa shape index (κ2) is 4.74. The SMILES string of the molecule is O=C(c1ccc2[nH]ncc2c1)N1CCc2ccccc2C1. The molecule has 1 amide bonds. The molecule has 4 heteroatoms. The van der Waals surface area contributed by atoms with Crippen molar-refractivity contribution in [3.05, 3.63) is 65.4 Å². The highest BCUT2D eigenvalue weighted by atomic mass is 16.2. The highest BCUT2D eigenvalue weighted by molar-refractivity contribution is 5.98. The molecule has 1 aromatic heterocycles. The molecule has 0 atom stereocenters. The number of carbonyl (C=O) groups excluding carboxylic acids is 1. The summed E-state index contributed by atoms with van der Waals surface area (Å²) in [7, 11) is 0. The summed E-state index contributed by atoms with van der Waals surface area (Å²) in [6, 6.07) is 14.0. The van der Waals surface area contributed by atoms with Crippen molar-refractivity contribution in [2.45, 2.75) is 13.0 Å². The fourth-order valence-electron chi connectivity index (χ4n) is 2.93. The average molecular weight is 277 g/mol. The van der Waals surface area contributed by atoms with Crippen molar-refractivity contribution in [1.29, 1.82) is 0 Å². The van der Waals surface area contributed by atoms with Gasteiger partial charge in [-0.1, -0.05) is 24.3 Å². The Morgan fingerprint density at radius 2 is 2.00 bits per heavy atom. The average Bonchev–Trinajstić information content (AvgIpc) is 3.01. The number of aromatic amines is 1. The molecule has 0 bridgehead atoms. The van der Waals surface area contributed by atoms with Crippen molar-refractivity contribution < 1.29 is 4.79 Å². The summed E-state index contributed by atoms with van der Waals surface area (Å²) in [5.41, 5.74) is 4.28. The van der Waals surface area contributed by atoms with Gasteiger partial charge in [-0.15, -0.1) is 0 Å². The van der Waals surface area contributed by atoms with Gasteiger partial charge in [0.1, 0.15) is 0 Å². The van der Waals surface area contributed by atoms with Crippen molar-refractivity contribution in [3.63, 3.8) is 0 Å². The summed E-state index contributed by atoms with van der Waals surface area (Å²) in [4.78, 5) is 14.6. The monoisotopic (exact) mass is 277 g/mol. The van der Waals surface area contributed by atoms with Crippen LogP contribution in [-0.4, -0.2) is 27.5 Å². The molecule has 21 heavy (non-hydrogen) atoms. The van der Waals surface area contributed by atoms with Gasteiger partial charge in [0.15, 0.2) is 0 Å². The first-order valence-electron chi connectivity index (χ1n) is 7.10. The molecule has 0 saturated carbocycles. The predicted molar refractivity (Wildman–Crippen MR) is 81.0 cm³/mol. The summed E-state index contributed by atoms with van der Waals surface area (Å²) in [5.74, 6) is 0.0904. The number of hydrogen-bond donors (Lipinski definition) is 1. The number of fused-ring (bicyclic) bond motifs is 2. The van der Waals surface area contributed by atoms with E-state index in [9.17, 15) is 4.79 Å². The fraction of sp³-hybridized carbons (Fsp3) is 0.176. The van der Waals surface area contributed by atoms with Crippen LogP contribution in [0.15, 0.2) is 48.7 Å². The van der Waals surface area contributed by atoms with Crippen molar-refractivity contribution in [2.75, 3.05) is 6.54 Å². The minimum Gasteiger partial charge on any atom is -0.334 e. The maximum Gasteiger partial charge on any atom is 0.254 e. The fourth-order valence-corrected chi connectivity index (χ4v) is 2.93. The lowest BCUT2D eigenvalue weighted by molar-refractivity contribution is 0.0735. The lowest BCUT2D eigenvalue weighted by Crippen LogP contribution is -2.35. The van der Waals surface area contributed by atoms with Crippen LogP contribution in [0.4, 0.5) is 0 Å². The third-order valence-corrected chi connectivity index (χ3v) is 4.11. The lowest BCUT2D eigenvalue weighted by atomic mass is 9.99. The molecule has 4 nitrogen and oxygen atoms in total. The first-order valence-corrected chi connectivity index (χ1v) is 7.10. The molecule has 3 aromatic rings. The van der Waals surface area contributed by atoms with Crippen LogP contribution in [-0.2, 0) is 13.0 Å². The number of benzene rings is 2. The van der Waals surface area contributed by atoms with Gasteiger partial charge in [0, 0.05) is 24.0 Å². The number of H-pyrrole nitrogens is 1. The molecule has 1 N–H and O–H groups in total. The topological polar surface area (TPSA) is 49.0 Å². The molecule has 0 spiro atoms. The van der Waals surface area contributed by atoms with Crippen molar-refractivity contribution in [2.24, 2.45) is 0 Å². The van der Waals surface area contributed by atoms with Gasteiger partial charge in [-0.25, -0.2) is 0 Å². The van der Waals surface area contributed by atoms with E-state index in [1.54, 1.807) is 6.20 Å². The zero-order valence-electron chi connectivity index (χ0n) is 11.5. The number of nitrogens with zero attached hydrogens (tertiary/aromatic N) is 2. The summed E-state index contributed by atoms with van der Waals surface area (Å²) >= 11 is 0. The second-order valence-electron chi connectivity index (χ2n) is 5.42. The third kappa shape index (κ3) is 2.09. The molecule has 1 aliphatic rings. The minimum absolute atomic E-state index is 0.0904. The number of hydrogen-bond acceptors (Lipinski definition) is 2. The normalized spacial score (nSPS) is 14.2. The zero-order valence-corrected chi connectivity index (χ0v) is 11.5. The Hall–Kier alpha value is -2.62. The van der Waals surface area contributed by atoms with Gasteiger partial charge in [0.25, 0.3) is 5.91 Å². The van der Waals surface area contributed by atoms with Gasteiger partial charge < -0.3 is 4.90 Å². The Bertz CT molecular complexity index is 822. The van der Waals surface area contributed by atoms with Crippen molar-refractivity contribution in [1.82, 2.24) is 15.1 Å². The molecular formula is C17H15N3O. The van der Waals surface area contributed by atoms with Crippen LogP contribution in [0.3, 0.4) is 0 Å². The largest absolute Gasteiger partial charge is 0.334 e. The molecule has 0 radical (unpaired) electrons. The maximum atomic E-state index is 12.7. The Kier molecular flexibility index (Phi) is 2.74. The Morgan fingerprint density at radius 3 is 2.90 bits per heavy atom. The van der Waals surface area contributed by atoms with E-state index in [1.807, 2.05) is 29.2 Å². The van der Waals surface area contributed by atoms with Gasteiger partial charge in [0.05, 0.1) is 11.7 Å². The summed E-state index contributed by atoms with van der Waals surface area (Å²) < 4.78 is 0. The first kappa shape index (κ1) is 12.1. The van der Waals surface area contributed by atoms with E-state index in [0.29, 0.717) is 6.54 Å². The molecule has 0 fully saturated rings. The Balaban J connectivity index is 1.63. The van der Waals surface area contributed by atoms with Gasteiger partial charge >= 0.3 is 0 Å². The smallest absolute Gasteiger partial charge is 0.254 e. The van der Waals surface area contributed by atoms with Crippen molar-refractivity contribution in [3.8, 4) is 0 Å². The highest BCUT2D eigenvalue weighted by Crippen LogP contribution is 2.21. The van der Waals surface area contributed by atoms with Gasteiger partial charge in [-0.05, 0) is 35.7 Å². The van der Waals surface area contributed by atoms with Gasteiger partial charge in [-0.2, -0.15) is 5.10 Å². The molecule has 104 valence electrons. The van der Waals surface area contributed by atoms with Crippen LogP contribution < -0.4 is 0 Å². The van der Waals surface area contributed by atoms with E-state index in [-0.39, 0.29) is 5.91 Å². The zero-order chi connectivity index (χ0) is 14.2. The maximum absolute atomic E-state index is 12.7. The van der Waals surface area contributed by atoms with E-state index >= 15 is 0 Å². The van der Waals surface area contributed by atoms with Crippen LogP contribution in [0.1, 0.15) is 21.5 Å². The second-order valence-corrected chi connectivity index (χ2v) is 5.42. The number of rotatable bonds is 1. The first-order chi connectivity index (χ1) is 10.3. The molecule has 2 aromatic carbocycles. The van der Waals surface area contributed by atoms with Crippen molar-refractivity contribution >= 4 is 16.8 Å². The van der Waals surface area contributed by atoms with E-state index in [4.69, 9.17) is 0 Å². The van der Waals surface area contributed by atoms with E-state index in [2.05, 4.69) is 28.4 Å². The lowest BCUT2D eigenvalue weighted by Gasteiger charge is -2.29. The van der Waals surface area contributed by atoms with Crippen LogP contribution in [0.25, 0.3) is 10.9 Å². The van der Waals surface area contributed by atoms with Gasteiger partial charge in [-0.3, -0.25) is 9.89 Å². The van der Waals surface area contributed by atoms with E-state index < -0.39 is 0 Å². The number of nitrogens with one attached hydrogen (secondary N) is 1. The molecule has 4 rings (SSSR count). The molecule has 2 heterocycles.